The summed E-state index contributed by atoms with van der Waals surface area (Å²) in [4.78, 5) is 0. The Morgan fingerprint density at radius 2 is 2.15 bits per heavy atom. The average molecular weight is 279 g/mol. The molecule has 1 unspecified atom stereocenters. The predicted molar refractivity (Wildman–Crippen MR) is 74.4 cm³/mol. The third kappa shape index (κ3) is 3.42. The van der Waals surface area contributed by atoms with Gasteiger partial charge in [0.2, 0.25) is 0 Å². The van der Waals surface area contributed by atoms with Gasteiger partial charge in [0.15, 0.2) is 11.6 Å². The lowest BCUT2D eigenvalue weighted by atomic mass is 10.1. The number of hydrogen-bond donors (Lipinski definition) is 1. The van der Waals surface area contributed by atoms with Crippen molar-refractivity contribution in [2.45, 2.75) is 32.9 Å². The summed E-state index contributed by atoms with van der Waals surface area (Å²) in [7, 11) is 0. The molecule has 0 fully saturated rings. The molecule has 1 atom stereocenters. The number of hydrogen-bond acceptors (Lipinski definition) is 2. The minimum absolute atomic E-state index is 0.301. The van der Waals surface area contributed by atoms with Crippen molar-refractivity contribution in [2.24, 2.45) is 0 Å². The van der Waals surface area contributed by atoms with Crippen molar-refractivity contribution in [3.05, 3.63) is 53.4 Å². The van der Waals surface area contributed by atoms with Gasteiger partial charge in [0.05, 0.1) is 18.8 Å². The van der Waals surface area contributed by atoms with Gasteiger partial charge in [-0.2, -0.15) is 5.10 Å². The summed E-state index contributed by atoms with van der Waals surface area (Å²) in [6.45, 7) is 5.18. The van der Waals surface area contributed by atoms with Crippen LogP contribution in [-0.2, 0) is 6.54 Å². The van der Waals surface area contributed by atoms with Crippen molar-refractivity contribution in [2.75, 3.05) is 6.54 Å². The smallest absolute Gasteiger partial charge is 0.163 e. The molecular formula is C15H19F2N3. The number of rotatable bonds is 6. The second-order valence-electron chi connectivity index (χ2n) is 4.89. The summed E-state index contributed by atoms with van der Waals surface area (Å²) in [5.41, 5.74) is 1.38. The van der Waals surface area contributed by atoms with Gasteiger partial charge in [0.25, 0.3) is 0 Å². The lowest BCUT2D eigenvalue weighted by molar-refractivity contribution is 0.411. The molecule has 0 bridgehead atoms. The van der Waals surface area contributed by atoms with E-state index in [1.807, 2.05) is 20.0 Å². The fraction of sp³-hybridized carbons (Fsp3) is 0.400. The molecule has 1 aromatic heterocycles. The number of halogens is 2. The fourth-order valence-corrected chi connectivity index (χ4v) is 2.13. The normalized spacial score (nSPS) is 12.6. The lowest BCUT2D eigenvalue weighted by Gasteiger charge is -2.19. The molecule has 0 aliphatic carbocycles. The Bertz CT molecular complexity index is 566. The van der Waals surface area contributed by atoms with E-state index in [2.05, 4.69) is 10.4 Å². The van der Waals surface area contributed by atoms with Crippen LogP contribution in [0.5, 0.6) is 0 Å². The zero-order chi connectivity index (χ0) is 14.5. The van der Waals surface area contributed by atoms with Gasteiger partial charge in [-0.3, -0.25) is 4.68 Å². The van der Waals surface area contributed by atoms with Crippen molar-refractivity contribution in [1.29, 1.82) is 0 Å². The molecule has 3 nitrogen and oxygen atoms in total. The van der Waals surface area contributed by atoms with Crippen molar-refractivity contribution < 1.29 is 8.78 Å². The van der Waals surface area contributed by atoms with Gasteiger partial charge in [-0.25, -0.2) is 8.78 Å². The van der Waals surface area contributed by atoms with Crippen LogP contribution in [0.1, 0.15) is 30.5 Å². The van der Waals surface area contributed by atoms with E-state index >= 15 is 0 Å². The monoisotopic (exact) mass is 279 g/mol. The number of nitrogens with zero attached hydrogens (tertiary/aromatic N) is 2. The predicted octanol–water partition coefficient (Wildman–Crippen LogP) is 3.21. The maximum Gasteiger partial charge on any atom is 0.163 e. The SMILES string of the molecule is CCCNC(Cn1cc(C)cn1)c1cccc(F)c1F. The van der Waals surface area contributed by atoms with E-state index in [-0.39, 0.29) is 6.04 Å². The summed E-state index contributed by atoms with van der Waals surface area (Å²) in [6, 6.07) is 3.98. The summed E-state index contributed by atoms with van der Waals surface area (Å²) >= 11 is 0. The molecule has 1 N–H and O–H groups in total. The van der Waals surface area contributed by atoms with Crippen LogP contribution in [0.15, 0.2) is 30.6 Å². The molecular weight excluding hydrogens is 260 g/mol. The van der Waals surface area contributed by atoms with Gasteiger partial charge >= 0.3 is 0 Å². The van der Waals surface area contributed by atoms with E-state index in [1.54, 1.807) is 16.9 Å². The van der Waals surface area contributed by atoms with Crippen LogP contribution < -0.4 is 5.32 Å². The average Bonchev–Trinajstić information content (AvgIpc) is 2.83. The van der Waals surface area contributed by atoms with Crippen LogP contribution in [0.3, 0.4) is 0 Å². The molecule has 0 aliphatic heterocycles. The van der Waals surface area contributed by atoms with Gasteiger partial charge in [-0.05, 0) is 31.5 Å². The molecule has 2 aromatic rings. The molecule has 0 radical (unpaired) electrons. The molecule has 0 saturated heterocycles. The molecule has 1 aromatic carbocycles. The van der Waals surface area contributed by atoms with Gasteiger partial charge in [-0.1, -0.05) is 19.1 Å². The first kappa shape index (κ1) is 14.7. The van der Waals surface area contributed by atoms with E-state index in [0.29, 0.717) is 12.1 Å². The standard InChI is InChI=1S/C15H19F2N3/c1-3-7-18-14(10-20-9-11(2)8-19-20)12-5-4-6-13(16)15(12)17/h4-6,8-9,14,18H,3,7,10H2,1-2H3. The summed E-state index contributed by atoms with van der Waals surface area (Å²) < 4.78 is 29.1. The Hall–Kier alpha value is -1.75. The highest BCUT2D eigenvalue weighted by atomic mass is 19.2. The zero-order valence-corrected chi connectivity index (χ0v) is 11.7. The molecule has 0 aliphatic rings. The third-order valence-electron chi connectivity index (χ3n) is 3.13. The Balaban J connectivity index is 2.24. The van der Waals surface area contributed by atoms with E-state index in [4.69, 9.17) is 0 Å². The van der Waals surface area contributed by atoms with Crippen molar-refractivity contribution in [1.82, 2.24) is 15.1 Å². The Morgan fingerprint density at radius 3 is 2.80 bits per heavy atom. The Labute approximate surface area is 117 Å². The summed E-state index contributed by atoms with van der Waals surface area (Å²) in [5, 5.41) is 7.45. The van der Waals surface area contributed by atoms with E-state index in [0.717, 1.165) is 24.6 Å². The Morgan fingerprint density at radius 1 is 1.35 bits per heavy atom. The molecule has 0 amide bonds. The van der Waals surface area contributed by atoms with Crippen molar-refractivity contribution >= 4 is 0 Å². The highest BCUT2D eigenvalue weighted by Crippen LogP contribution is 2.21. The van der Waals surface area contributed by atoms with Crippen LogP contribution in [0, 0.1) is 18.6 Å². The maximum atomic E-state index is 13.9. The summed E-state index contributed by atoms with van der Waals surface area (Å²) in [6.07, 6.45) is 4.56. The van der Waals surface area contributed by atoms with Gasteiger partial charge in [-0.15, -0.1) is 0 Å². The molecule has 1 heterocycles. The lowest BCUT2D eigenvalue weighted by Crippen LogP contribution is -2.27. The van der Waals surface area contributed by atoms with E-state index in [9.17, 15) is 8.78 Å². The number of aryl methyl sites for hydroxylation is 1. The van der Waals surface area contributed by atoms with Crippen LogP contribution in [0.2, 0.25) is 0 Å². The van der Waals surface area contributed by atoms with Gasteiger partial charge in [0, 0.05) is 11.8 Å². The minimum atomic E-state index is -0.817. The molecule has 0 saturated carbocycles. The number of benzene rings is 1. The van der Waals surface area contributed by atoms with Crippen molar-refractivity contribution in [3.63, 3.8) is 0 Å². The molecule has 2 rings (SSSR count). The van der Waals surface area contributed by atoms with Crippen LogP contribution in [0.4, 0.5) is 8.78 Å². The zero-order valence-electron chi connectivity index (χ0n) is 11.7. The Kier molecular flexibility index (Phi) is 4.84. The molecule has 20 heavy (non-hydrogen) atoms. The minimum Gasteiger partial charge on any atom is -0.308 e. The summed E-state index contributed by atoms with van der Waals surface area (Å²) in [5.74, 6) is -1.60. The second kappa shape index (κ2) is 6.61. The third-order valence-corrected chi connectivity index (χ3v) is 3.13. The maximum absolute atomic E-state index is 13.9. The van der Waals surface area contributed by atoms with Crippen molar-refractivity contribution in [3.8, 4) is 0 Å². The largest absolute Gasteiger partial charge is 0.308 e. The van der Waals surface area contributed by atoms with E-state index < -0.39 is 11.6 Å². The highest BCUT2D eigenvalue weighted by Gasteiger charge is 2.18. The number of nitrogens with one attached hydrogen (secondary N) is 1. The van der Waals surface area contributed by atoms with Gasteiger partial charge in [0.1, 0.15) is 0 Å². The first-order valence-corrected chi connectivity index (χ1v) is 6.78. The van der Waals surface area contributed by atoms with Crippen LogP contribution in [0.25, 0.3) is 0 Å². The fourth-order valence-electron chi connectivity index (χ4n) is 2.13. The number of aromatic nitrogens is 2. The van der Waals surface area contributed by atoms with E-state index in [1.165, 1.54) is 6.07 Å². The first-order chi connectivity index (χ1) is 9.61. The first-order valence-electron chi connectivity index (χ1n) is 6.78. The molecule has 0 spiro atoms. The van der Waals surface area contributed by atoms with Crippen LogP contribution in [-0.4, -0.2) is 16.3 Å². The van der Waals surface area contributed by atoms with Gasteiger partial charge < -0.3 is 5.32 Å². The van der Waals surface area contributed by atoms with Crippen LogP contribution >= 0.6 is 0 Å². The highest BCUT2D eigenvalue weighted by molar-refractivity contribution is 5.22. The second-order valence-corrected chi connectivity index (χ2v) is 4.89. The molecule has 108 valence electrons. The topological polar surface area (TPSA) is 29.9 Å². The quantitative estimate of drug-likeness (QED) is 0.880. The molecule has 5 heteroatoms.